The first-order valence-electron chi connectivity index (χ1n) is 7.27. The molecule has 1 fully saturated rings. The van der Waals surface area contributed by atoms with E-state index in [0.717, 1.165) is 37.5 Å². The highest BCUT2D eigenvalue weighted by atomic mass is 35.5. The van der Waals surface area contributed by atoms with Crippen LogP contribution in [0.15, 0.2) is 24.3 Å². The van der Waals surface area contributed by atoms with Crippen molar-refractivity contribution in [2.75, 3.05) is 19.6 Å². The Labute approximate surface area is 127 Å². The van der Waals surface area contributed by atoms with E-state index >= 15 is 0 Å². The van der Waals surface area contributed by atoms with Gasteiger partial charge in [-0.1, -0.05) is 24.3 Å². The summed E-state index contributed by atoms with van der Waals surface area (Å²) in [6, 6.07) is 8.08. The van der Waals surface area contributed by atoms with Crippen molar-refractivity contribution in [3.05, 3.63) is 35.4 Å². The van der Waals surface area contributed by atoms with Gasteiger partial charge < -0.3 is 10.6 Å². The molecule has 1 aliphatic heterocycles. The Kier molecular flexibility index (Phi) is 7.63. The predicted octanol–water partition coefficient (Wildman–Crippen LogP) is 2.47. The minimum Gasteiger partial charge on any atom is -0.356 e. The summed E-state index contributed by atoms with van der Waals surface area (Å²) in [6.07, 6.45) is 4.14. The average Bonchev–Trinajstić information content (AvgIpc) is 2.43. The fourth-order valence-corrected chi connectivity index (χ4v) is 2.63. The summed E-state index contributed by atoms with van der Waals surface area (Å²) in [5.74, 6) is 0.866. The lowest BCUT2D eigenvalue weighted by Crippen LogP contribution is -2.33. The number of carbonyl (C=O) groups excluding carboxylic acids is 1. The molecule has 1 atom stereocenters. The number of carbonyl (C=O) groups is 1. The lowest BCUT2D eigenvalue weighted by atomic mass is 9.96. The van der Waals surface area contributed by atoms with Crippen LogP contribution in [0.2, 0.25) is 0 Å². The molecule has 1 saturated heterocycles. The van der Waals surface area contributed by atoms with Crippen LogP contribution in [0.3, 0.4) is 0 Å². The molecule has 4 heteroatoms. The number of aryl methyl sites for hydroxylation is 1. The monoisotopic (exact) mass is 296 g/mol. The average molecular weight is 297 g/mol. The molecule has 112 valence electrons. The van der Waals surface area contributed by atoms with E-state index in [9.17, 15) is 4.79 Å². The zero-order chi connectivity index (χ0) is 13.5. The molecule has 0 spiro atoms. The van der Waals surface area contributed by atoms with E-state index in [1.165, 1.54) is 18.4 Å². The van der Waals surface area contributed by atoms with Crippen LogP contribution in [-0.2, 0) is 11.2 Å². The largest absolute Gasteiger partial charge is 0.356 e. The zero-order valence-electron chi connectivity index (χ0n) is 12.2. The molecule has 0 aromatic heterocycles. The quantitative estimate of drug-likeness (QED) is 0.876. The van der Waals surface area contributed by atoms with Gasteiger partial charge in [-0.05, 0) is 56.3 Å². The number of nitrogens with one attached hydrogen (secondary N) is 2. The highest BCUT2D eigenvalue weighted by Gasteiger charge is 2.13. The summed E-state index contributed by atoms with van der Waals surface area (Å²) in [4.78, 5) is 11.9. The van der Waals surface area contributed by atoms with Gasteiger partial charge in [0.05, 0.1) is 6.42 Å². The molecule has 1 heterocycles. The van der Waals surface area contributed by atoms with Crippen molar-refractivity contribution >= 4 is 18.3 Å². The van der Waals surface area contributed by atoms with E-state index in [-0.39, 0.29) is 18.3 Å². The Morgan fingerprint density at radius 3 is 2.90 bits per heavy atom. The number of benzene rings is 1. The molecule has 3 nitrogen and oxygen atoms in total. The smallest absolute Gasteiger partial charge is 0.224 e. The molecule has 1 unspecified atom stereocenters. The summed E-state index contributed by atoms with van der Waals surface area (Å²) in [5.41, 5.74) is 2.31. The van der Waals surface area contributed by atoms with Gasteiger partial charge in [0.2, 0.25) is 5.91 Å². The van der Waals surface area contributed by atoms with Crippen LogP contribution in [0.1, 0.15) is 30.4 Å². The van der Waals surface area contributed by atoms with Crippen LogP contribution in [0, 0.1) is 12.8 Å². The Morgan fingerprint density at radius 2 is 2.20 bits per heavy atom. The molecule has 0 bridgehead atoms. The Bertz CT molecular complexity index is 417. The number of hydrogen-bond donors (Lipinski definition) is 2. The van der Waals surface area contributed by atoms with E-state index in [2.05, 4.69) is 23.6 Å². The van der Waals surface area contributed by atoms with Crippen LogP contribution >= 0.6 is 12.4 Å². The van der Waals surface area contributed by atoms with Gasteiger partial charge in [0.1, 0.15) is 0 Å². The van der Waals surface area contributed by atoms with Crippen molar-refractivity contribution in [1.82, 2.24) is 10.6 Å². The maximum Gasteiger partial charge on any atom is 0.224 e. The van der Waals surface area contributed by atoms with Gasteiger partial charge in [-0.25, -0.2) is 0 Å². The predicted molar refractivity (Wildman–Crippen MR) is 85.4 cm³/mol. The first-order chi connectivity index (χ1) is 9.25. The molecule has 2 rings (SSSR count). The fourth-order valence-electron chi connectivity index (χ4n) is 2.63. The SMILES string of the molecule is Cc1ccccc1CC(=O)NCCC1CCCNC1.Cl. The molecule has 1 aromatic carbocycles. The third-order valence-corrected chi connectivity index (χ3v) is 3.89. The topological polar surface area (TPSA) is 41.1 Å². The summed E-state index contributed by atoms with van der Waals surface area (Å²) >= 11 is 0. The lowest BCUT2D eigenvalue weighted by Gasteiger charge is -2.22. The van der Waals surface area contributed by atoms with Gasteiger partial charge in [0.15, 0.2) is 0 Å². The number of rotatable bonds is 5. The standard InChI is InChI=1S/C16H24N2O.ClH/c1-13-5-2-3-7-15(13)11-16(19)18-10-8-14-6-4-9-17-12-14;/h2-3,5,7,14,17H,4,6,8-12H2,1H3,(H,18,19);1H. The second-order valence-electron chi connectivity index (χ2n) is 5.45. The van der Waals surface area contributed by atoms with E-state index in [1.54, 1.807) is 0 Å². The lowest BCUT2D eigenvalue weighted by molar-refractivity contribution is -0.120. The summed E-state index contributed by atoms with van der Waals surface area (Å²) in [6.45, 7) is 5.11. The molecule has 0 radical (unpaired) electrons. The van der Waals surface area contributed by atoms with Gasteiger partial charge >= 0.3 is 0 Å². The van der Waals surface area contributed by atoms with Crippen molar-refractivity contribution in [3.63, 3.8) is 0 Å². The van der Waals surface area contributed by atoms with Crippen LogP contribution in [0.5, 0.6) is 0 Å². The molecule has 1 aromatic rings. The van der Waals surface area contributed by atoms with Gasteiger partial charge in [-0.15, -0.1) is 12.4 Å². The fraction of sp³-hybridized carbons (Fsp3) is 0.562. The summed E-state index contributed by atoms with van der Waals surface area (Å²) < 4.78 is 0. The molecule has 2 N–H and O–H groups in total. The summed E-state index contributed by atoms with van der Waals surface area (Å²) in [7, 11) is 0. The second kappa shape index (κ2) is 8.98. The van der Waals surface area contributed by atoms with Crippen LogP contribution in [-0.4, -0.2) is 25.5 Å². The van der Waals surface area contributed by atoms with Gasteiger partial charge in [-0.3, -0.25) is 4.79 Å². The van der Waals surface area contributed by atoms with Gasteiger partial charge in [-0.2, -0.15) is 0 Å². The minimum absolute atomic E-state index is 0. The number of amides is 1. The molecular weight excluding hydrogens is 272 g/mol. The molecule has 20 heavy (non-hydrogen) atoms. The number of halogens is 1. The van der Waals surface area contributed by atoms with E-state index in [4.69, 9.17) is 0 Å². The number of hydrogen-bond acceptors (Lipinski definition) is 2. The molecular formula is C16H25ClN2O. The van der Waals surface area contributed by atoms with Gasteiger partial charge in [0, 0.05) is 6.54 Å². The Balaban J connectivity index is 0.00000200. The normalized spacial score (nSPS) is 18.1. The highest BCUT2D eigenvalue weighted by Crippen LogP contribution is 2.13. The van der Waals surface area contributed by atoms with E-state index in [1.807, 2.05) is 18.2 Å². The first kappa shape index (κ1) is 17.0. The number of piperidine rings is 1. The first-order valence-corrected chi connectivity index (χ1v) is 7.27. The highest BCUT2D eigenvalue weighted by molar-refractivity contribution is 5.85. The molecule has 0 saturated carbocycles. The van der Waals surface area contributed by atoms with Crippen LogP contribution in [0.25, 0.3) is 0 Å². The van der Waals surface area contributed by atoms with Gasteiger partial charge in [0.25, 0.3) is 0 Å². The van der Waals surface area contributed by atoms with E-state index in [0.29, 0.717) is 6.42 Å². The summed E-state index contributed by atoms with van der Waals surface area (Å²) in [5, 5.41) is 6.45. The Morgan fingerprint density at radius 1 is 1.40 bits per heavy atom. The third kappa shape index (κ3) is 5.51. The van der Waals surface area contributed by atoms with Crippen molar-refractivity contribution in [3.8, 4) is 0 Å². The van der Waals surface area contributed by atoms with Crippen LogP contribution in [0.4, 0.5) is 0 Å². The van der Waals surface area contributed by atoms with Crippen molar-refractivity contribution < 1.29 is 4.79 Å². The molecule has 0 aliphatic carbocycles. The van der Waals surface area contributed by atoms with Crippen molar-refractivity contribution in [1.29, 1.82) is 0 Å². The van der Waals surface area contributed by atoms with Crippen molar-refractivity contribution in [2.45, 2.75) is 32.6 Å². The van der Waals surface area contributed by atoms with E-state index < -0.39 is 0 Å². The Hall–Kier alpha value is -1.06. The molecule has 1 amide bonds. The molecule has 1 aliphatic rings. The van der Waals surface area contributed by atoms with Crippen LogP contribution < -0.4 is 10.6 Å². The second-order valence-corrected chi connectivity index (χ2v) is 5.45. The third-order valence-electron chi connectivity index (χ3n) is 3.89. The maximum absolute atomic E-state index is 11.9. The minimum atomic E-state index is 0. The zero-order valence-corrected chi connectivity index (χ0v) is 13.0. The maximum atomic E-state index is 11.9. The van der Waals surface area contributed by atoms with Crippen molar-refractivity contribution in [2.24, 2.45) is 5.92 Å².